The summed E-state index contributed by atoms with van der Waals surface area (Å²) in [7, 11) is 0. The number of hydrogen-bond acceptors (Lipinski definition) is 3. The summed E-state index contributed by atoms with van der Waals surface area (Å²) in [4.78, 5) is 21.7. The molecule has 100 valence electrons. The van der Waals surface area contributed by atoms with Crippen molar-refractivity contribution < 1.29 is 14.7 Å². The van der Waals surface area contributed by atoms with Crippen molar-refractivity contribution in [3.05, 3.63) is 35.9 Å². The molecule has 1 atom stereocenters. The van der Waals surface area contributed by atoms with Gasteiger partial charge in [0, 0.05) is 18.2 Å². The Hall–Kier alpha value is -1.93. The van der Waals surface area contributed by atoms with Crippen LogP contribution in [-0.2, 0) is 9.59 Å². The molecule has 2 N–H and O–H groups in total. The second kappa shape index (κ2) is 8.22. The lowest BCUT2D eigenvalue weighted by Gasteiger charge is -2.11. The molecule has 0 aliphatic heterocycles. The molecule has 0 unspecified atom stereocenters. The normalized spacial score (nSPS) is 11.0. The minimum absolute atomic E-state index is 0.304. The van der Waals surface area contributed by atoms with Crippen LogP contribution in [0.2, 0.25) is 0 Å². The van der Waals surface area contributed by atoms with E-state index in [9.17, 15) is 9.59 Å². The van der Waals surface area contributed by atoms with E-state index in [4.69, 9.17) is 5.11 Å². The molecule has 5 heteroatoms. The highest BCUT2D eigenvalue weighted by atomic mass is 32.2. The Kier molecular flexibility index (Phi) is 6.55. The van der Waals surface area contributed by atoms with Gasteiger partial charge in [-0.15, -0.1) is 11.8 Å². The van der Waals surface area contributed by atoms with Gasteiger partial charge >= 0.3 is 5.97 Å². The molecule has 0 aliphatic rings. The van der Waals surface area contributed by atoms with E-state index in [0.717, 1.165) is 5.56 Å². The summed E-state index contributed by atoms with van der Waals surface area (Å²) < 4.78 is 0. The van der Waals surface area contributed by atoms with Crippen LogP contribution in [0.15, 0.2) is 30.3 Å². The zero-order valence-corrected chi connectivity index (χ0v) is 11.4. The molecule has 0 heterocycles. The molecule has 1 aromatic rings. The van der Waals surface area contributed by atoms with Crippen molar-refractivity contribution in [2.75, 3.05) is 11.5 Å². The molecule has 1 amide bonds. The van der Waals surface area contributed by atoms with Gasteiger partial charge in [0.15, 0.2) is 0 Å². The summed E-state index contributed by atoms with van der Waals surface area (Å²) in [5, 5.41) is 11.3. The van der Waals surface area contributed by atoms with Crippen LogP contribution in [0.25, 0.3) is 0 Å². The number of rotatable bonds is 5. The van der Waals surface area contributed by atoms with Crippen LogP contribution >= 0.6 is 11.8 Å². The van der Waals surface area contributed by atoms with Crippen molar-refractivity contribution in [3.63, 3.8) is 0 Å². The molecule has 0 saturated carbocycles. The lowest BCUT2D eigenvalue weighted by Crippen LogP contribution is -2.41. The molecule has 1 aromatic carbocycles. The number of benzene rings is 1. The van der Waals surface area contributed by atoms with Gasteiger partial charge in [0.25, 0.3) is 0 Å². The van der Waals surface area contributed by atoms with E-state index in [0.29, 0.717) is 11.5 Å². The van der Waals surface area contributed by atoms with Crippen molar-refractivity contribution in [2.45, 2.75) is 13.0 Å². The van der Waals surface area contributed by atoms with Crippen LogP contribution in [0, 0.1) is 11.8 Å². The quantitative estimate of drug-likeness (QED) is 0.630. The van der Waals surface area contributed by atoms with Crippen molar-refractivity contribution in [2.24, 2.45) is 0 Å². The summed E-state index contributed by atoms with van der Waals surface area (Å²) in [5.74, 6) is 5.40. The Balaban J connectivity index is 2.35. The molecule has 19 heavy (non-hydrogen) atoms. The molecular weight excluding hydrogens is 262 g/mol. The highest BCUT2D eigenvalue weighted by molar-refractivity contribution is 7.99. The fourth-order valence-electron chi connectivity index (χ4n) is 1.31. The highest BCUT2D eigenvalue weighted by Crippen LogP contribution is 2.03. The lowest BCUT2D eigenvalue weighted by molar-refractivity contribution is -0.140. The smallest absolute Gasteiger partial charge is 0.327 e. The number of carbonyl (C=O) groups is 2. The number of carboxylic acid groups (broad SMARTS) is 1. The van der Waals surface area contributed by atoms with Crippen LogP contribution in [0.4, 0.5) is 0 Å². The minimum Gasteiger partial charge on any atom is -0.480 e. The monoisotopic (exact) mass is 277 g/mol. The zero-order valence-electron chi connectivity index (χ0n) is 10.6. The van der Waals surface area contributed by atoms with Gasteiger partial charge in [0.2, 0.25) is 5.91 Å². The first-order valence-electron chi connectivity index (χ1n) is 5.71. The number of hydrogen-bond donors (Lipinski definition) is 2. The second-order valence-corrected chi connectivity index (χ2v) is 4.80. The summed E-state index contributed by atoms with van der Waals surface area (Å²) in [6, 6.07) is 8.71. The third kappa shape index (κ3) is 6.53. The molecule has 0 aliphatic carbocycles. The number of carboxylic acids is 1. The number of carbonyl (C=O) groups excluding carboxylic acids is 1. The first-order chi connectivity index (χ1) is 9.09. The van der Waals surface area contributed by atoms with E-state index < -0.39 is 12.0 Å². The average Bonchev–Trinajstić information content (AvgIpc) is 2.37. The largest absolute Gasteiger partial charge is 0.480 e. The first-order valence-corrected chi connectivity index (χ1v) is 6.86. The first kappa shape index (κ1) is 15.1. The van der Waals surface area contributed by atoms with Crippen molar-refractivity contribution in [1.29, 1.82) is 0 Å². The molecule has 0 aromatic heterocycles. The maximum absolute atomic E-state index is 10.9. The minimum atomic E-state index is -1.03. The highest BCUT2D eigenvalue weighted by Gasteiger charge is 2.17. The SMILES string of the molecule is CC(=O)N[C@@H](CSCC#Cc1ccccc1)C(=O)O. The van der Waals surface area contributed by atoms with Gasteiger partial charge < -0.3 is 10.4 Å². The molecule has 0 radical (unpaired) electrons. The number of thioether (sulfide) groups is 1. The van der Waals surface area contributed by atoms with Gasteiger partial charge in [-0.05, 0) is 12.1 Å². The Bertz CT molecular complexity index is 490. The third-order valence-electron chi connectivity index (χ3n) is 2.14. The van der Waals surface area contributed by atoms with E-state index in [1.54, 1.807) is 0 Å². The molecule has 0 bridgehead atoms. The Morgan fingerprint density at radius 2 is 2.05 bits per heavy atom. The standard InChI is InChI=1S/C14H15NO3S/c1-11(16)15-13(14(17)18)10-19-9-5-8-12-6-3-2-4-7-12/h2-4,6-7,13H,9-10H2,1H3,(H,15,16)(H,17,18)/t13-/m0/s1. The average molecular weight is 277 g/mol. The summed E-state index contributed by atoms with van der Waals surface area (Å²) in [6.07, 6.45) is 0. The third-order valence-corrected chi connectivity index (χ3v) is 3.06. The second-order valence-electron chi connectivity index (χ2n) is 3.77. The van der Waals surface area contributed by atoms with Crippen LogP contribution < -0.4 is 5.32 Å². The lowest BCUT2D eigenvalue weighted by atomic mass is 10.2. The van der Waals surface area contributed by atoms with Crippen LogP contribution in [0.3, 0.4) is 0 Å². The number of aliphatic carboxylic acids is 1. The molecule has 0 saturated heterocycles. The Labute approximate surface area is 116 Å². The summed E-state index contributed by atoms with van der Waals surface area (Å²) >= 11 is 1.38. The van der Waals surface area contributed by atoms with Gasteiger partial charge in [-0.3, -0.25) is 4.79 Å². The van der Waals surface area contributed by atoms with E-state index in [1.807, 2.05) is 30.3 Å². The van der Waals surface area contributed by atoms with E-state index in [2.05, 4.69) is 17.2 Å². The number of amides is 1. The molecule has 4 nitrogen and oxygen atoms in total. The number of nitrogens with one attached hydrogen (secondary N) is 1. The summed E-state index contributed by atoms with van der Waals surface area (Å²) in [6.45, 7) is 1.30. The van der Waals surface area contributed by atoms with Crippen LogP contribution in [0.1, 0.15) is 12.5 Å². The van der Waals surface area contributed by atoms with E-state index >= 15 is 0 Å². The van der Waals surface area contributed by atoms with E-state index in [1.165, 1.54) is 18.7 Å². The van der Waals surface area contributed by atoms with Gasteiger partial charge in [0.05, 0.1) is 5.75 Å². The molecular formula is C14H15NO3S. The van der Waals surface area contributed by atoms with Crippen molar-refractivity contribution in [1.82, 2.24) is 5.32 Å². The molecule has 0 fully saturated rings. The zero-order chi connectivity index (χ0) is 14.1. The van der Waals surface area contributed by atoms with Crippen LogP contribution in [0.5, 0.6) is 0 Å². The fraction of sp³-hybridized carbons (Fsp3) is 0.286. The topological polar surface area (TPSA) is 66.4 Å². The maximum Gasteiger partial charge on any atom is 0.327 e. The summed E-state index contributed by atoms with van der Waals surface area (Å²) in [5.41, 5.74) is 0.930. The Morgan fingerprint density at radius 3 is 2.63 bits per heavy atom. The fourth-order valence-corrected chi connectivity index (χ4v) is 2.06. The Morgan fingerprint density at radius 1 is 1.37 bits per heavy atom. The van der Waals surface area contributed by atoms with Crippen molar-refractivity contribution >= 4 is 23.6 Å². The molecule has 0 spiro atoms. The predicted molar refractivity (Wildman–Crippen MR) is 75.9 cm³/mol. The van der Waals surface area contributed by atoms with E-state index in [-0.39, 0.29) is 5.91 Å². The van der Waals surface area contributed by atoms with Gasteiger partial charge in [-0.2, -0.15) is 0 Å². The van der Waals surface area contributed by atoms with Crippen LogP contribution in [-0.4, -0.2) is 34.5 Å². The van der Waals surface area contributed by atoms with Gasteiger partial charge in [-0.1, -0.05) is 30.0 Å². The van der Waals surface area contributed by atoms with Crippen molar-refractivity contribution in [3.8, 4) is 11.8 Å². The predicted octanol–water partition coefficient (Wildman–Crippen LogP) is 1.36. The van der Waals surface area contributed by atoms with Gasteiger partial charge in [-0.25, -0.2) is 4.79 Å². The maximum atomic E-state index is 10.9. The van der Waals surface area contributed by atoms with Gasteiger partial charge in [0.1, 0.15) is 6.04 Å². The molecule has 1 rings (SSSR count).